The minimum Gasteiger partial charge on any atom is -0.458 e. The average Bonchev–Trinajstić information content (AvgIpc) is 3.19. The van der Waals surface area contributed by atoms with Gasteiger partial charge in [0.25, 0.3) is 0 Å². The molecule has 0 spiro atoms. The summed E-state index contributed by atoms with van der Waals surface area (Å²) in [6.07, 6.45) is 3.98. The first-order valence-corrected chi connectivity index (χ1v) is 7.08. The molecule has 20 heavy (non-hydrogen) atoms. The second-order valence-electron chi connectivity index (χ2n) is 5.65. The van der Waals surface area contributed by atoms with Gasteiger partial charge in [-0.1, -0.05) is 0 Å². The van der Waals surface area contributed by atoms with Gasteiger partial charge in [-0.25, -0.2) is 4.79 Å². The zero-order chi connectivity index (χ0) is 14.1. The molecule has 6 nitrogen and oxygen atoms in total. The van der Waals surface area contributed by atoms with Gasteiger partial charge in [0, 0.05) is 25.3 Å². The maximum atomic E-state index is 12.2. The van der Waals surface area contributed by atoms with Crippen LogP contribution >= 0.6 is 0 Å². The summed E-state index contributed by atoms with van der Waals surface area (Å²) >= 11 is 0. The van der Waals surface area contributed by atoms with Crippen LogP contribution in [0.5, 0.6) is 0 Å². The van der Waals surface area contributed by atoms with Crippen molar-refractivity contribution in [2.45, 2.75) is 25.0 Å². The Morgan fingerprint density at radius 2 is 2.35 bits per heavy atom. The van der Waals surface area contributed by atoms with Gasteiger partial charge in [0.15, 0.2) is 0 Å². The largest absolute Gasteiger partial charge is 0.458 e. The topological polar surface area (TPSA) is 69.7 Å². The molecular weight excluding hydrogens is 258 g/mol. The number of morpholine rings is 1. The van der Waals surface area contributed by atoms with Gasteiger partial charge in [0.1, 0.15) is 18.4 Å². The molecule has 1 atom stereocenters. The smallest absolute Gasteiger partial charge is 0.355 e. The van der Waals surface area contributed by atoms with Crippen LogP contribution in [0.3, 0.4) is 0 Å². The summed E-state index contributed by atoms with van der Waals surface area (Å²) in [6.45, 7) is 2.69. The molecule has 1 aromatic rings. The Balaban J connectivity index is 1.59. The molecule has 1 aliphatic heterocycles. The number of nitrogen functional groups attached to an aromatic ring is 1. The number of rotatable bonds is 4. The van der Waals surface area contributed by atoms with E-state index in [0.717, 1.165) is 25.9 Å². The second kappa shape index (κ2) is 5.46. The van der Waals surface area contributed by atoms with E-state index in [0.29, 0.717) is 30.6 Å². The molecule has 0 amide bonds. The van der Waals surface area contributed by atoms with E-state index in [1.807, 2.05) is 17.8 Å². The third-order valence-electron chi connectivity index (χ3n) is 3.76. The molecule has 110 valence electrons. The van der Waals surface area contributed by atoms with Crippen LogP contribution in [-0.4, -0.2) is 54.9 Å². The Bertz CT molecular complexity index is 496. The van der Waals surface area contributed by atoms with Crippen LogP contribution in [0, 0.1) is 0 Å². The molecule has 1 saturated carbocycles. The van der Waals surface area contributed by atoms with Gasteiger partial charge in [-0.3, -0.25) is 0 Å². The Kier molecular flexibility index (Phi) is 3.67. The number of ether oxygens (including phenoxy) is 2. The first-order chi connectivity index (χ1) is 9.63. The molecule has 2 aliphatic rings. The lowest BCUT2D eigenvalue weighted by atomic mass is 10.3. The fourth-order valence-electron chi connectivity index (χ4n) is 2.53. The van der Waals surface area contributed by atoms with Crippen molar-refractivity contribution in [3.8, 4) is 0 Å². The van der Waals surface area contributed by atoms with E-state index >= 15 is 0 Å². The van der Waals surface area contributed by atoms with Crippen molar-refractivity contribution in [1.29, 1.82) is 0 Å². The lowest BCUT2D eigenvalue weighted by Gasteiger charge is -2.29. The molecule has 1 aromatic heterocycles. The first kappa shape index (κ1) is 13.5. The molecule has 6 heteroatoms. The molecule has 1 unspecified atom stereocenters. The third-order valence-corrected chi connectivity index (χ3v) is 3.76. The lowest BCUT2D eigenvalue weighted by molar-refractivity contribution is -0.0530. The van der Waals surface area contributed by atoms with Gasteiger partial charge in [0.05, 0.1) is 12.3 Å². The fourth-order valence-corrected chi connectivity index (χ4v) is 2.53. The van der Waals surface area contributed by atoms with Crippen LogP contribution < -0.4 is 5.73 Å². The summed E-state index contributed by atoms with van der Waals surface area (Å²) in [5.74, 6) is -0.314. The van der Waals surface area contributed by atoms with E-state index in [1.165, 1.54) is 0 Å². The maximum absolute atomic E-state index is 12.2. The minimum absolute atomic E-state index is 0.0422. The monoisotopic (exact) mass is 279 g/mol. The van der Waals surface area contributed by atoms with E-state index in [4.69, 9.17) is 15.2 Å². The van der Waals surface area contributed by atoms with Gasteiger partial charge in [-0.15, -0.1) is 0 Å². The average molecular weight is 279 g/mol. The predicted octanol–water partition coefficient (Wildman–Crippen LogP) is 0.893. The van der Waals surface area contributed by atoms with E-state index in [-0.39, 0.29) is 12.1 Å². The van der Waals surface area contributed by atoms with Crippen molar-refractivity contribution in [3.05, 3.63) is 18.0 Å². The number of nitrogens with zero attached hydrogens (tertiary/aromatic N) is 2. The van der Waals surface area contributed by atoms with Crippen molar-refractivity contribution < 1.29 is 14.3 Å². The van der Waals surface area contributed by atoms with Gasteiger partial charge in [-0.05, 0) is 26.0 Å². The number of anilines is 1. The van der Waals surface area contributed by atoms with Crippen molar-refractivity contribution in [1.82, 2.24) is 9.47 Å². The molecule has 0 bridgehead atoms. The van der Waals surface area contributed by atoms with E-state index < -0.39 is 0 Å². The molecule has 3 rings (SSSR count). The zero-order valence-corrected chi connectivity index (χ0v) is 11.7. The Morgan fingerprint density at radius 3 is 3.05 bits per heavy atom. The summed E-state index contributed by atoms with van der Waals surface area (Å²) in [5, 5.41) is 0. The van der Waals surface area contributed by atoms with Gasteiger partial charge in [-0.2, -0.15) is 0 Å². The number of carbonyl (C=O) groups excluding carboxylic acids is 1. The number of carbonyl (C=O) groups is 1. The minimum atomic E-state index is -0.314. The van der Waals surface area contributed by atoms with Crippen molar-refractivity contribution in [3.63, 3.8) is 0 Å². The van der Waals surface area contributed by atoms with Gasteiger partial charge in [0.2, 0.25) is 0 Å². The van der Waals surface area contributed by atoms with Crippen molar-refractivity contribution in [2.24, 2.45) is 0 Å². The Morgan fingerprint density at radius 1 is 1.55 bits per heavy atom. The number of hydrogen-bond acceptors (Lipinski definition) is 5. The number of likely N-dealkylation sites (N-methyl/N-ethyl adjacent to an activating group) is 1. The van der Waals surface area contributed by atoms with Crippen LogP contribution in [0.1, 0.15) is 29.4 Å². The maximum Gasteiger partial charge on any atom is 0.355 e. The normalized spacial score (nSPS) is 23.8. The third kappa shape index (κ3) is 2.96. The van der Waals surface area contributed by atoms with E-state index in [9.17, 15) is 4.79 Å². The standard InChI is InChI=1S/C14H21N3O3/c1-16-4-5-19-12(8-16)9-20-14(18)13-6-10(15)7-17(13)11-2-3-11/h6-7,11-12H,2-5,8-9,15H2,1H3. The molecule has 2 fully saturated rings. The van der Waals surface area contributed by atoms with Gasteiger partial charge < -0.3 is 24.7 Å². The van der Waals surface area contributed by atoms with E-state index in [2.05, 4.69) is 4.90 Å². The molecule has 1 aliphatic carbocycles. The van der Waals surface area contributed by atoms with Crippen LogP contribution in [0.25, 0.3) is 0 Å². The number of hydrogen-bond donors (Lipinski definition) is 1. The summed E-state index contributed by atoms with van der Waals surface area (Å²) in [6, 6.07) is 2.10. The number of aromatic nitrogens is 1. The van der Waals surface area contributed by atoms with E-state index in [1.54, 1.807) is 6.07 Å². The van der Waals surface area contributed by atoms with Crippen molar-refractivity contribution in [2.75, 3.05) is 39.1 Å². The first-order valence-electron chi connectivity index (χ1n) is 7.08. The van der Waals surface area contributed by atoms with Crippen molar-refractivity contribution >= 4 is 11.7 Å². The highest BCUT2D eigenvalue weighted by atomic mass is 16.6. The van der Waals surface area contributed by atoms with Crippen LogP contribution in [0.4, 0.5) is 5.69 Å². The summed E-state index contributed by atoms with van der Waals surface area (Å²) < 4.78 is 12.9. The SMILES string of the molecule is CN1CCOC(COC(=O)c2cc(N)cn2C2CC2)C1. The highest BCUT2D eigenvalue weighted by Crippen LogP contribution is 2.37. The zero-order valence-electron chi connectivity index (χ0n) is 11.7. The van der Waals surface area contributed by atoms with Crippen LogP contribution in [0.2, 0.25) is 0 Å². The fraction of sp³-hybridized carbons (Fsp3) is 0.643. The molecule has 0 radical (unpaired) electrons. The molecule has 2 N–H and O–H groups in total. The Hall–Kier alpha value is -1.53. The van der Waals surface area contributed by atoms with Crippen LogP contribution in [0.15, 0.2) is 12.3 Å². The summed E-state index contributed by atoms with van der Waals surface area (Å²) in [4.78, 5) is 14.3. The van der Waals surface area contributed by atoms with Crippen LogP contribution in [-0.2, 0) is 9.47 Å². The summed E-state index contributed by atoms with van der Waals surface area (Å²) in [5.41, 5.74) is 6.94. The highest BCUT2D eigenvalue weighted by Gasteiger charge is 2.29. The lowest BCUT2D eigenvalue weighted by Crippen LogP contribution is -2.42. The quantitative estimate of drug-likeness (QED) is 0.829. The highest BCUT2D eigenvalue weighted by molar-refractivity contribution is 5.89. The number of esters is 1. The second-order valence-corrected chi connectivity index (χ2v) is 5.65. The number of nitrogens with two attached hydrogens (primary N) is 1. The molecular formula is C14H21N3O3. The predicted molar refractivity (Wildman–Crippen MR) is 74.6 cm³/mol. The molecule has 2 heterocycles. The Labute approximate surface area is 118 Å². The van der Waals surface area contributed by atoms with Gasteiger partial charge >= 0.3 is 5.97 Å². The molecule has 1 saturated heterocycles. The summed E-state index contributed by atoms with van der Waals surface area (Å²) in [7, 11) is 2.04. The molecule has 0 aromatic carbocycles.